The lowest BCUT2D eigenvalue weighted by Gasteiger charge is -2.11. The van der Waals surface area contributed by atoms with Crippen LogP contribution < -0.4 is 16.2 Å². The molecule has 1 aromatic heterocycles. The third-order valence-electron chi connectivity index (χ3n) is 4.89. The molecular weight excluding hydrogens is 454 g/mol. The summed E-state index contributed by atoms with van der Waals surface area (Å²) in [6.45, 7) is 0.563. The molecular formula is C25H22ClN5OS. The number of nitrogens with zero attached hydrogens (tertiary/aromatic N) is 2. The van der Waals surface area contributed by atoms with E-state index in [-0.39, 0.29) is 12.3 Å². The van der Waals surface area contributed by atoms with Gasteiger partial charge >= 0.3 is 0 Å². The maximum absolute atomic E-state index is 12.7. The van der Waals surface area contributed by atoms with Crippen LogP contribution in [0, 0.1) is 0 Å². The summed E-state index contributed by atoms with van der Waals surface area (Å²) in [5, 5.41) is 8.77. The standard InChI is InChI=1S/C25H22ClN5OS/c26-21-13-11-19(12-14-21)24-20(17-31(30-24)22-9-5-2-6-10-22)15-23(32)28-29-25(33)27-16-18-7-3-1-4-8-18/h1-14,17H,15-16H2,(H,28,32)(H2,27,29,33). The smallest absolute Gasteiger partial charge is 0.242 e. The van der Waals surface area contributed by atoms with E-state index in [0.29, 0.717) is 16.7 Å². The van der Waals surface area contributed by atoms with Crippen LogP contribution in [0.2, 0.25) is 5.02 Å². The highest BCUT2D eigenvalue weighted by molar-refractivity contribution is 7.80. The van der Waals surface area contributed by atoms with Gasteiger partial charge in [0.1, 0.15) is 0 Å². The molecule has 0 aliphatic carbocycles. The van der Waals surface area contributed by atoms with Crippen molar-refractivity contribution in [2.45, 2.75) is 13.0 Å². The van der Waals surface area contributed by atoms with E-state index in [1.54, 1.807) is 16.8 Å². The van der Waals surface area contributed by atoms with Crippen LogP contribution >= 0.6 is 23.8 Å². The van der Waals surface area contributed by atoms with Crippen molar-refractivity contribution in [1.29, 1.82) is 0 Å². The van der Waals surface area contributed by atoms with Gasteiger partial charge in [-0.2, -0.15) is 5.10 Å². The lowest BCUT2D eigenvalue weighted by molar-refractivity contribution is -0.121. The number of hydrogen-bond donors (Lipinski definition) is 3. The number of halogens is 1. The van der Waals surface area contributed by atoms with Crippen LogP contribution in [-0.4, -0.2) is 20.8 Å². The van der Waals surface area contributed by atoms with Crippen LogP contribution in [0.15, 0.2) is 91.1 Å². The van der Waals surface area contributed by atoms with E-state index in [1.165, 1.54) is 0 Å². The Labute approximate surface area is 202 Å². The van der Waals surface area contributed by atoms with Gasteiger partial charge in [0.25, 0.3) is 0 Å². The number of hydrazine groups is 1. The summed E-state index contributed by atoms with van der Waals surface area (Å²) >= 11 is 11.3. The van der Waals surface area contributed by atoms with Crippen LogP contribution in [0.25, 0.3) is 16.9 Å². The second kappa shape index (κ2) is 10.8. The molecule has 0 aliphatic heterocycles. The molecule has 0 radical (unpaired) electrons. The number of benzene rings is 3. The van der Waals surface area contributed by atoms with Crippen molar-refractivity contribution < 1.29 is 4.79 Å². The summed E-state index contributed by atoms with van der Waals surface area (Å²) in [4.78, 5) is 12.7. The number of nitrogens with one attached hydrogen (secondary N) is 3. The number of thiocarbonyl (C=S) groups is 1. The zero-order chi connectivity index (χ0) is 23.0. The molecule has 0 aliphatic rings. The summed E-state index contributed by atoms with van der Waals surface area (Å²) < 4.78 is 1.77. The van der Waals surface area contributed by atoms with Crippen molar-refractivity contribution in [1.82, 2.24) is 25.9 Å². The monoisotopic (exact) mass is 475 g/mol. The van der Waals surface area contributed by atoms with Gasteiger partial charge in [0, 0.05) is 28.9 Å². The number of hydrogen-bond acceptors (Lipinski definition) is 3. The maximum atomic E-state index is 12.7. The summed E-state index contributed by atoms with van der Waals surface area (Å²) in [5.74, 6) is -0.235. The third kappa shape index (κ3) is 6.19. The highest BCUT2D eigenvalue weighted by Crippen LogP contribution is 2.25. The molecule has 0 bridgehead atoms. The molecule has 166 valence electrons. The Balaban J connectivity index is 1.43. The second-order valence-corrected chi connectivity index (χ2v) is 8.15. The number of carbonyl (C=O) groups is 1. The predicted octanol–water partition coefficient (Wildman–Crippen LogP) is 4.43. The van der Waals surface area contributed by atoms with Gasteiger partial charge in [-0.05, 0) is 42.0 Å². The van der Waals surface area contributed by atoms with Crippen LogP contribution in [-0.2, 0) is 17.8 Å². The van der Waals surface area contributed by atoms with E-state index in [1.807, 2.05) is 79.0 Å². The van der Waals surface area contributed by atoms with Crippen LogP contribution in [0.5, 0.6) is 0 Å². The Morgan fingerprint density at radius 2 is 1.58 bits per heavy atom. The molecule has 0 saturated heterocycles. The van der Waals surface area contributed by atoms with E-state index < -0.39 is 0 Å². The van der Waals surface area contributed by atoms with Gasteiger partial charge in [0.05, 0.1) is 17.8 Å². The average Bonchev–Trinajstić information content (AvgIpc) is 3.27. The minimum Gasteiger partial charge on any atom is -0.357 e. The first-order valence-corrected chi connectivity index (χ1v) is 11.1. The number of amides is 1. The highest BCUT2D eigenvalue weighted by atomic mass is 35.5. The van der Waals surface area contributed by atoms with Gasteiger partial charge < -0.3 is 5.32 Å². The van der Waals surface area contributed by atoms with Crippen molar-refractivity contribution in [3.63, 3.8) is 0 Å². The van der Waals surface area contributed by atoms with Crippen molar-refractivity contribution in [2.24, 2.45) is 0 Å². The molecule has 0 unspecified atom stereocenters. The molecule has 8 heteroatoms. The van der Waals surface area contributed by atoms with E-state index >= 15 is 0 Å². The quantitative estimate of drug-likeness (QED) is 0.284. The minimum atomic E-state index is -0.235. The SMILES string of the molecule is O=C(Cc1cn(-c2ccccc2)nc1-c1ccc(Cl)cc1)NNC(=S)NCc1ccccc1. The molecule has 33 heavy (non-hydrogen) atoms. The normalized spacial score (nSPS) is 10.5. The Kier molecular flexibility index (Phi) is 7.34. The number of para-hydroxylation sites is 1. The van der Waals surface area contributed by atoms with Crippen molar-refractivity contribution in [3.05, 3.63) is 107 Å². The van der Waals surface area contributed by atoms with Crippen molar-refractivity contribution >= 4 is 34.8 Å². The molecule has 0 saturated carbocycles. The average molecular weight is 476 g/mol. The molecule has 4 rings (SSSR count). The van der Waals surface area contributed by atoms with E-state index in [0.717, 1.165) is 28.1 Å². The summed E-state index contributed by atoms with van der Waals surface area (Å²) in [7, 11) is 0. The second-order valence-electron chi connectivity index (χ2n) is 7.31. The zero-order valence-electron chi connectivity index (χ0n) is 17.7. The Hall–Kier alpha value is -3.68. The fourth-order valence-electron chi connectivity index (χ4n) is 3.27. The fraction of sp³-hybridized carbons (Fsp3) is 0.0800. The minimum absolute atomic E-state index is 0.124. The zero-order valence-corrected chi connectivity index (χ0v) is 19.2. The molecule has 6 nitrogen and oxygen atoms in total. The highest BCUT2D eigenvalue weighted by Gasteiger charge is 2.16. The molecule has 0 fully saturated rings. The lowest BCUT2D eigenvalue weighted by atomic mass is 10.1. The van der Waals surface area contributed by atoms with Gasteiger partial charge in [-0.3, -0.25) is 15.6 Å². The number of carbonyl (C=O) groups excluding carboxylic acids is 1. The predicted molar refractivity (Wildman–Crippen MR) is 135 cm³/mol. The van der Waals surface area contributed by atoms with E-state index in [9.17, 15) is 4.79 Å². The molecule has 1 amide bonds. The summed E-state index contributed by atoms with van der Waals surface area (Å²) in [6.07, 6.45) is 1.99. The first kappa shape index (κ1) is 22.5. The molecule has 3 aromatic carbocycles. The number of aromatic nitrogens is 2. The van der Waals surface area contributed by atoms with Gasteiger partial charge in [0.2, 0.25) is 5.91 Å². The summed E-state index contributed by atoms with van der Waals surface area (Å²) in [6, 6.07) is 27.0. The molecule has 4 aromatic rings. The van der Waals surface area contributed by atoms with E-state index in [2.05, 4.69) is 16.2 Å². The Bertz CT molecular complexity index is 1230. The first-order chi connectivity index (χ1) is 16.1. The van der Waals surface area contributed by atoms with Gasteiger partial charge in [-0.1, -0.05) is 72.3 Å². The molecule has 3 N–H and O–H groups in total. The van der Waals surface area contributed by atoms with Gasteiger partial charge in [-0.25, -0.2) is 4.68 Å². The molecule has 1 heterocycles. The first-order valence-electron chi connectivity index (χ1n) is 10.3. The van der Waals surface area contributed by atoms with Gasteiger partial charge in [0.15, 0.2) is 5.11 Å². The van der Waals surface area contributed by atoms with Crippen LogP contribution in [0.3, 0.4) is 0 Å². The molecule has 0 atom stereocenters. The number of rotatable bonds is 6. The topological polar surface area (TPSA) is 71.0 Å². The van der Waals surface area contributed by atoms with Crippen LogP contribution in [0.1, 0.15) is 11.1 Å². The Morgan fingerprint density at radius 3 is 2.27 bits per heavy atom. The largest absolute Gasteiger partial charge is 0.357 e. The molecule has 0 spiro atoms. The van der Waals surface area contributed by atoms with E-state index in [4.69, 9.17) is 28.9 Å². The summed E-state index contributed by atoms with van der Waals surface area (Å²) in [5.41, 5.74) is 9.78. The lowest BCUT2D eigenvalue weighted by Crippen LogP contribution is -2.47. The fourth-order valence-corrected chi connectivity index (χ4v) is 3.52. The van der Waals surface area contributed by atoms with Crippen molar-refractivity contribution in [2.75, 3.05) is 0 Å². The maximum Gasteiger partial charge on any atom is 0.242 e. The van der Waals surface area contributed by atoms with Gasteiger partial charge in [-0.15, -0.1) is 0 Å². The third-order valence-corrected chi connectivity index (χ3v) is 5.39. The Morgan fingerprint density at radius 1 is 0.909 bits per heavy atom. The van der Waals surface area contributed by atoms with Crippen molar-refractivity contribution in [3.8, 4) is 16.9 Å². The van der Waals surface area contributed by atoms with Crippen LogP contribution in [0.4, 0.5) is 0 Å².